The molecule has 4 N–H and O–H groups in total. The third kappa shape index (κ3) is 9.97. The predicted molar refractivity (Wildman–Crippen MR) is 169 cm³/mol. The molecule has 0 saturated heterocycles. The molecule has 0 bridgehead atoms. The van der Waals surface area contributed by atoms with E-state index >= 15 is 0 Å². The van der Waals surface area contributed by atoms with Crippen molar-refractivity contribution in [2.24, 2.45) is 16.7 Å². The Morgan fingerprint density at radius 1 is 0.700 bits per heavy atom. The summed E-state index contributed by atoms with van der Waals surface area (Å²) in [5, 5.41) is 18.6. The first-order valence-electron chi connectivity index (χ1n) is 15.7. The molecule has 2 aliphatic carbocycles. The van der Waals surface area contributed by atoms with Gasteiger partial charge in [-0.25, -0.2) is 26.3 Å². The number of carboxylic acids is 2. The monoisotopic (exact) mass is 758 g/mol. The molecule has 4 rings (SSSR count). The van der Waals surface area contributed by atoms with Gasteiger partial charge in [0.1, 0.15) is 0 Å². The molecule has 3 atom stereocenters. The van der Waals surface area contributed by atoms with E-state index in [4.69, 9.17) is 5.11 Å². The first kappa shape index (κ1) is 41.2. The average Bonchev–Trinajstić information content (AvgIpc) is 3.02. The topological polar surface area (TPSA) is 167 Å². The van der Waals surface area contributed by atoms with Gasteiger partial charge in [0, 0.05) is 12.1 Å². The van der Waals surface area contributed by atoms with E-state index in [9.17, 15) is 57.9 Å². The Morgan fingerprint density at radius 2 is 1.08 bits per heavy atom. The first-order chi connectivity index (χ1) is 22.8. The molecule has 1 unspecified atom stereocenters. The van der Waals surface area contributed by atoms with E-state index in [-0.39, 0.29) is 15.7 Å². The maximum Gasteiger partial charge on any atom is 0.416 e. The lowest BCUT2D eigenvalue weighted by molar-refractivity contribution is -0.154. The number of hydrogen-bond donors (Lipinski definition) is 4. The van der Waals surface area contributed by atoms with Gasteiger partial charge in [-0.1, -0.05) is 13.3 Å². The Morgan fingerprint density at radius 3 is 1.42 bits per heavy atom. The molecule has 0 aliphatic heterocycles. The van der Waals surface area contributed by atoms with E-state index in [0.717, 1.165) is 48.5 Å². The van der Waals surface area contributed by atoms with Gasteiger partial charge in [-0.05, 0) is 113 Å². The van der Waals surface area contributed by atoms with Gasteiger partial charge in [-0.15, -0.1) is 0 Å². The van der Waals surface area contributed by atoms with Gasteiger partial charge in [0.25, 0.3) is 0 Å². The van der Waals surface area contributed by atoms with E-state index in [1.54, 1.807) is 13.8 Å². The normalized spacial score (nSPS) is 26.4. The highest BCUT2D eigenvalue weighted by Gasteiger charge is 2.45. The lowest BCUT2D eigenvalue weighted by Gasteiger charge is -2.41. The molecule has 0 heterocycles. The summed E-state index contributed by atoms with van der Waals surface area (Å²) in [7, 11) is -7.92. The highest BCUT2D eigenvalue weighted by atomic mass is 32.2. The van der Waals surface area contributed by atoms with Crippen LogP contribution in [0.3, 0.4) is 0 Å². The minimum Gasteiger partial charge on any atom is -0.481 e. The molecule has 0 amide bonds. The molecule has 0 aromatic heterocycles. The Labute approximate surface area is 286 Å². The van der Waals surface area contributed by atoms with Crippen molar-refractivity contribution in [1.82, 2.24) is 9.44 Å². The van der Waals surface area contributed by atoms with Crippen molar-refractivity contribution in [1.29, 1.82) is 0 Å². The van der Waals surface area contributed by atoms with E-state index in [0.29, 0.717) is 51.4 Å². The van der Waals surface area contributed by atoms with Crippen LogP contribution in [0.5, 0.6) is 0 Å². The molecule has 2 saturated carbocycles. The number of benzene rings is 2. The molecule has 0 spiro atoms. The number of aliphatic carboxylic acids is 2. The number of halogens is 6. The SMILES string of the molecule is CC1(C(=O)O)CCC(NS(=O)(=O)c2ccc(C(F)(F)F)cc2)CC1.CCC1C[C@H](NS(=O)(=O)c2ccc(C(F)(F)F)cc2)CC[C@@]1(C)C(=O)O. The molecule has 0 radical (unpaired) electrons. The van der Waals surface area contributed by atoms with Gasteiger partial charge in [0.15, 0.2) is 0 Å². The summed E-state index contributed by atoms with van der Waals surface area (Å²) in [4.78, 5) is 22.2. The first-order valence-corrected chi connectivity index (χ1v) is 18.7. The van der Waals surface area contributed by atoms with Crippen molar-refractivity contribution in [3.8, 4) is 0 Å². The molecule has 280 valence electrons. The van der Waals surface area contributed by atoms with E-state index in [1.165, 1.54) is 0 Å². The lowest BCUT2D eigenvalue weighted by atomic mass is 9.65. The van der Waals surface area contributed by atoms with E-state index in [2.05, 4.69) is 9.44 Å². The van der Waals surface area contributed by atoms with E-state index < -0.39 is 78.4 Å². The third-order valence-corrected chi connectivity index (χ3v) is 12.8. The van der Waals surface area contributed by atoms with Gasteiger partial charge in [0.2, 0.25) is 20.0 Å². The maximum absolute atomic E-state index is 12.6. The summed E-state index contributed by atoms with van der Waals surface area (Å²) in [6, 6.07) is 5.69. The molecule has 2 fully saturated rings. The van der Waals surface area contributed by atoms with Crippen LogP contribution in [0.1, 0.15) is 83.3 Å². The largest absolute Gasteiger partial charge is 0.481 e. The van der Waals surface area contributed by atoms with Crippen LogP contribution in [0.4, 0.5) is 26.3 Å². The van der Waals surface area contributed by atoms with Gasteiger partial charge in [-0.3, -0.25) is 9.59 Å². The molecular formula is C32H40F6N2O8S2. The summed E-state index contributed by atoms with van der Waals surface area (Å²) in [6.07, 6.45) is -5.99. The van der Waals surface area contributed by atoms with Crippen molar-refractivity contribution < 1.29 is 63.0 Å². The Balaban J connectivity index is 0.000000271. The Kier molecular flexibility index (Phi) is 12.5. The van der Waals surface area contributed by atoms with Gasteiger partial charge >= 0.3 is 24.3 Å². The third-order valence-electron chi connectivity index (χ3n) is 9.70. The van der Waals surface area contributed by atoms with Gasteiger partial charge in [-0.2, -0.15) is 26.3 Å². The number of hydrogen-bond acceptors (Lipinski definition) is 6. The zero-order valence-electron chi connectivity index (χ0n) is 27.4. The number of rotatable bonds is 9. The van der Waals surface area contributed by atoms with E-state index in [1.807, 2.05) is 6.92 Å². The molecule has 18 heteroatoms. The molecule has 10 nitrogen and oxygen atoms in total. The molecular weight excluding hydrogens is 718 g/mol. The summed E-state index contributed by atoms with van der Waals surface area (Å²) in [5.41, 5.74) is -3.60. The van der Waals surface area contributed by atoms with Crippen LogP contribution in [-0.2, 0) is 42.0 Å². The average molecular weight is 759 g/mol. The van der Waals surface area contributed by atoms with Crippen molar-refractivity contribution >= 4 is 32.0 Å². The molecule has 50 heavy (non-hydrogen) atoms. The summed E-state index contributed by atoms with van der Waals surface area (Å²) in [5.74, 6) is -1.99. The minimum absolute atomic E-state index is 0.186. The van der Waals surface area contributed by atoms with Crippen LogP contribution >= 0.6 is 0 Å². The second-order valence-electron chi connectivity index (χ2n) is 13.2. The fourth-order valence-electron chi connectivity index (χ4n) is 6.21. The summed E-state index contributed by atoms with van der Waals surface area (Å²) < 4.78 is 130. The minimum atomic E-state index is -4.53. The fraction of sp³-hybridized carbons (Fsp3) is 0.562. The standard InChI is InChI=1S/C17H22F3NO4S.C15H18F3NO4S/c1-3-11-10-13(8-9-16(11,2)15(22)23)21-26(24,25)14-6-4-12(5-7-14)17(18,19)20;1-14(13(20)21)8-6-11(7-9-14)19-24(22,23)12-4-2-10(3-5-12)15(16,17)18/h4-7,11,13,21H,3,8-10H2,1-2H3,(H,22,23);2-5,11,19H,6-9H2,1H3,(H,20,21)/t11?,13-,16-;/m1./s1. The van der Waals surface area contributed by atoms with Crippen molar-refractivity contribution in [3.05, 3.63) is 59.7 Å². The van der Waals surface area contributed by atoms with Gasteiger partial charge < -0.3 is 10.2 Å². The van der Waals surface area contributed by atoms with Crippen LogP contribution in [0.15, 0.2) is 58.3 Å². The number of sulfonamides is 2. The summed E-state index contributed by atoms with van der Waals surface area (Å²) >= 11 is 0. The Bertz CT molecular complexity index is 1720. The number of carboxylic acid groups (broad SMARTS) is 2. The smallest absolute Gasteiger partial charge is 0.416 e. The predicted octanol–water partition coefficient (Wildman–Crippen LogP) is 6.67. The van der Waals surface area contributed by atoms with Crippen LogP contribution in [0, 0.1) is 16.7 Å². The number of alkyl halides is 6. The van der Waals surface area contributed by atoms with Gasteiger partial charge in [0.05, 0.1) is 31.7 Å². The second kappa shape index (κ2) is 15.2. The molecule has 2 aliphatic rings. The Hall–Kier alpha value is -3.22. The quantitative estimate of drug-likeness (QED) is 0.206. The molecule has 2 aromatic carbocycles. The second-order valence-corrected chi connectivity index (χ2v) is 16.7. The highest BCUT2D eigenvalue weighted by Crippen LogP contribution is 2.43. The van der Waals surface area contributed by atoms with Crippen molar-refractivity contribution in [2.45, 2.75) is 106 Å². The summed E-state index contributed by atoms with van der Waals surface area (Å²) in [6.45, 7) is 5.15. The van der Waals surface area contributed by atoms with Crippen LogP contribution in [0.25, 0.3) is 0 Å². The van der Waals surface area contributed by atoms with Crippen molar-refractivity contribution in [3.63, 3.8) is 0 Å². The van der Waals surface area contributed by atoms with Crippen molar-refractivity contribution in [2.75, 3.05) is 0 Å². The highest BCUT2D eigenvalue weighted by molar-refractivity contribution is 7.89. The van der Waals surface area contributed by atoms with Crippen LogP contribution in [-0.4, -0.2) is 51.1 Å². The molecule has 2 aromatic rings. The fourth-order valence-corrected chi connectivity index (χ4v) is 8.80. The van der Waals surface area contributed by atoms with Crippen LogP contribution in [0.2, 0.25) is 0 Å². The van der Waals surface area contributed by atoms with Crippen LogP contribution < -0.4 is 9.44 Å². The zero-order chi connectivity index (χ0) is 37.9. The number of nitrogens with one attached hydrogen (secondary N) is 2. The number of carbonyl (C=O) groups is 2. The lowest BCUT2D eigenvalue weighted by Crippen LogP contribution is -2.47. The zero-order valence-corrected chi connectivity index (χ0v) is 29.1. The maximum atomic E-state index is 12.6.